The van der Waals surface area contributed by atoms with Crippen molar-refractivity contribution in [1.29, 1.82) is 0 Å². The number of halogens is 3. The van der Waals surface area contributed by atoms with Gasteiger partial charge in [-0.05, 0) is 30.3 Å². The maximum atomic E-state index is 6.19. The lowest BCUT2D eigenvalue weighted by Gasteiger charge is -2.08. The number of aromatic nitrogens is 2. The van der Waals surface area contributed by atoms with Crippen LogP contribution in [0.1, 0.15) is 5.82 Å². The van der Waals surface area contributed by atoms with Crippen LogP contribution in [-0.2, 0) is 5.88 Å². The Bertz CT molecular complexity index is 752. The first-order valence-corrected chi connectivity index (χ1v) is 7.39. The summed E-state index contributed by atoms with van der Waals surface area (Å²) >= 11 is 15.7. The Morgan fingerprint density at radius 3 is 2.68 bits per heavy atom. The van der Waals surface area contributed by atoms with Crippen LogP contribution in [0.15, 0.2) is 46.9 Å². The molecule has 1 heterocycles. The lowest BCUT2D eigenvalue weighted by molar-refractivity contribution is 0.981. The summed E-state index contributed by atoms with van der Waals surface area (Å²) in [5.41, 5.74) is 2.75. The largest absolute Gasteiger partial charge is 0.295 e. The number of nitrogens with zero attached hydrogens (tertiary/aromatic N) is 2. The van der Waals surface area contributed by atoms with Gasteiger partial charge in [-0.25, -0.2) is 4.98 Å². The van der Waals surface area contributed by atoms with Crippen LogP contribution in [0, 0.1) is 0 Å². The van der Waals surface area contributed by atoms with Crippen molar-refractivity contribution < 1.29 is 0 Å². The number of alkyl halides is 1. The number of benzene rings is 2. The zero-order valence-corrected chi connectivity index (χ0v) is 12.9. The molecule has 0 radical (unpaired) electrons. The van der Waals surface area contributed by atoms with Crippen LogP contribution >= 0.6 is 39.1 Å². The number of rotatable bonds is 2. The number of para-hydroxylation sites is 1. The molecule has 0 N–H and O–H groups in total. The van der Waals surface area contributed by atoms with E-state index in [2.05, 4.69) is 20.9 Å². The van der Waals surface area contributed by atoms with Gasteiger partial charge in [-0.3, -0.25) is 4.57 Å². The van der Waals surface area contributed by atoms with Gasteiger partial charge in [0.05, 0.1) is 16.4 Å². The minimum Gasteiger partial charge on any atom is -0.295 e. The van der Waals surface area contributed by atoms with Gasteiger partial charge in [0.1, 0.15) is 11.3 Å². The quantitative estimate of drug-likeness (QED) is 0.579. The topological polar surface area (TPSA) is 17.8 Å². The highest BCUT2D eigenvalue weighted by molar-refractivity contribution is 9.10. The highest BCUT2D eigenvalue weighted by Gasteiger charge is 2.13. The second kappa shape index (κ2) is 5.16. The normalized spacial score (nSPS) is 11.1. The smallest absolute Gasteiger partial charge is 0.129 e. The molecule has 96 valence electrons. The molecule has 0 fully saturated rings. The van der Waals surface area contributed by atoms with Gasteiger partial charge in [-0.2, -0.15) is 0 Å². The molecule has 19 heavy (non-hydrogen) atoms. The molecule has 0 saturated carbocycles. The number of hydrogen-bond acceptors (Lipinski definition) is 1. The molecule has 3 aromatic rings. The third-order valence-corrected chi connectivity index (χ3v) is 3.93. The van der Waals surface area contributed by atoms with Crippen LogP contribution in [0.4, 0.5) is 0 Å². The summed E-state index contributed by atoms with van der Waals surface area (Å²) < 4.78 is 3.04. The van der Waals surface area contributed by atoms with Gasteiger partial charge < -0.3 is 0 Å². The Kier molecular flexibility index (Phi) is 3.52. The minimum absolute atomic E-state index is 0.331. The fraction of sp³-hybridized carbons (Fsp3) is 0.0714. The van der Waals surface area contributed by atoms with Crippen molar-refractivity contribution in [2.45, 2.75) is 5.88 Å². The van der Waals surface area contributed by atoms with E-state index in [-0.39, 0.29) is 0 Å². The molecular weight excluding hydrogens is 347 g/mol. The maximum Gasteiger partial charge on any atom is 0.129 e. The Balaban J connectivity index is 2.36. The van der Waals surface area contributed by atoms with E-state index in [1.807, 2.05) is 47.0 Å². The van der Waals surface area contributed by atoms with Crippen molar-refractivity contribution in [3.63, 3.8) is 0 Å². The first-order valence-electron chi connectivity index (χ1n) is 5.68. The molecule has 3 rings (SSSR count). The van der Waals surface area contributed by atoms with Crippen LogP contribution in [0.5, 0.6) is 0 Å². The Labute approximate surface area is 129 Å². The zero-order valence-electron chi connectivity index (χ0n) is 9.78. The summed E-state index contributed by atoms with van der Waals surface area (Å²) in [6.07, 6.45) is 0. The zero-order chi connectivity index (χ0) is 13.4. The highest BCUT2D eigenvalue weighted by atomic mass is 79.9. The van der Waals surface area contributed by atoms with Gasteiger partial charge in [0.15, 0.2) is 0 Å². The first-order chi connectivity index (χ1) is 9.20. The van der Waals surface area contributed by atoms with Crippen molar-refractivity contribution >= 4 is 50.2 Å². The fourth-order valence-corrected chi connectivity index (χ4v) is 2.88. The Morgan fingerprint density at radius 1 is 1.16 bits per heavy atom. The molecule has 0 aliphatic carbocycles. The molecule has 0 amide bonds. The molecule has 0 aliphatic rings. The van der Waals surface area contributed by atoms with Gasteiger partial charge in [0.2, 0.25) is 0 Å². The van der Waals surface area contributed by atoms with Crippen LogP contribution in [0.25, 0.3) is 16.7 Å². The summed E-state index contributed by atoms with van der Waals surface area (Å²) in [7, 11) is 0. The van der Waals surface area contributed by atoms with Crippen molar-refractivity contribution in [2.24, 2.45) is 0 Å². The van der Waals surface area contributed by atoms with Gasteiger partial charge >= 0.3 is 0 Å². The van der Waals surface area contributed by atoms with E-state index in [0.717, 1.165) is 27.0 Å². The molecule has 0 atom stereocenters. The van der Waals surface area contributed by atoms with E-state index in [0.29, 0.717) is 10.9 Å². The fourth-order valence-electron chi connectivity index (χ4n) is 2.11. The molecule has 1 aromatic heterocycles. The predicted octanol–water partition coefficient (Wildman–Crippen LogP) is 5.18. The van der Waals surface area contributed by atoms with Gasteiger partial charge in [0, 0.05) is 10.2 Å². The van der Waals surface area contributed by atoms with E-state index in [4.69, 9.17) is 23.2 Å². The molecule has 2 aromatic carbocycles. The standard InChI is InChI=1S/C14H9BrCl2N2/c15-9-3-1-4-10(7-9)19-12-6-2-5-11(17)14(12)18-13(19)8-16/h1-7H,8H2. The minimum atomic E-state index is 0.331. The summed E-state index contributed by atoms with van der Waals surface area (Å²) in [4.78, 5) is 4.52. The molecule has 5 heteroatoms. The van der Waals surface area contributed by atoms with E-state index in [1.165, 1.54) is 0 Å². The van der Waals surface area contributed by atoms with Crippen molar-refractivity contribution in [3.05, 3.63) is 57.8 Å². The van der Waals surface area contributed by atoms with Gasteiger partial charge in [-0.15, -0.1) is 11.6 Å². The van der Waals surface area contributed by atoms with Gasteiger partial charge in [-0.1, -0.05) is 39.7 Å². The Morgan fingerprint density at radius 2 is 1.95 bits per heavy atom. The van der Waals surface area contributed by atoms with Crippen LogP contribution in [0.3, 0.4) is 0 Å². The molecule has 0 bridgehead atoms. The third-order valence-electron chi connectivity index (χ3n) is 2.89. The van der Waals surface area contributed by atoms with Crippen molar-refractivity contribution in [3.8, 4) is 5.69 Å². The summed E-state index contributed by atoms with van der Waals surface area (Å²) in [5, 5.41) is 0.637. The number of hydrogen-bond donors (Lipinski definition) is 0. The monoisotopic (exact) mass is 354 g/mol. The molecular formula is C14H9BrCl2N2. The summed E-state index contributed by atoms with van der Waals surface area (Å²) in [5.74, 6) is 1.11. The lowest BCUT2D eigenvalue weighted by Crippen LogP contribution is -1.98. The van der Waals surface area contributed by atoms with Crippen molar-refractivity contribution in [1.82, 2.24) is 9.55 Å². The SMILES string of the molecule is ClCc1nc2c(Cl)cccc2n1-c1cccc(Br)c1. The molecule has 2 nitrogen and oxygen atoms in total. The average molecular weight is 356 g/mol. The molecule has 0 unspecified atom stereocenters. The number of fused-ring (bicyclic) bond motifs is 1. The van der Waals surface area contributed by atoms with E-state index in [9.17, 15) is 0 Å². The van der Waals surface area contributed by atoms with E-state index in [1.54, 1.807) is 0 Å². The van der Waals surface area contributed by atoms with E-state index >= 15 is 0 Å². The van der Waals surface area contributed by atoms with Crippen LogP contribution in [-0.4, -0.2) is 9.55 Å². The van der Waals surface area contributed by atoms with E-state index < -0.39 is 0 Å². The van der Waals surface area contributed by atoms with Gasteiger partial charge in [0.25, 0.3) is 0 Å². The van der Waals surface area contributed by atoms with Crippen LogP contribution < -0.4 is 0 Å². The highest BCUT2D eigenvalue weighted by Crippen LogP contribution is 2.28. The third kappa shape index (κ3) is 2.27. The average Bonchev–Trinajstić information content (AvgIpc) is 2.78. The maximum absolute atomic E-state index is 6.19. The number of imidazole rings is 1. The first kappa shape index (κ1) is 13.0. The second-order valence-electron chi connectivity index (χ2n) is 4.08. The predicted molar refractivity (Wildman–Crippen MR) is 83.3 cm³/mol. The molecule has 0 aliphatic heterocycles. The molecule has 0 saturated heterocycles. The lowest BCUT2D eigenvalue weighted by atomic mass is 10.3. The summed E-state index contributed by atoms with van der Waals surface area (Å²) in [6.45, 7) is 0. The summed E-state index contributed by atoms with van der Waals surface area (Å²) in [6, 6.07) is 13.7. The Hall–Kier alpha value is -1.03. The van der Waals surface area contributed by atoms with Crippen molar-refractivity contribution in [2.75, 3.05) is 0 Å². The second-order valence-corrected chi connectivity index (χ2v) is 5.67. The molecule has 0 spiro atoms. The van der Waals surface area contributed by atoms with Crippen LogP contribution in [0.2, 0.25) is 5.02 Å².